The number of para-hydroxylation sites is 1. The number of anilines is 1. The summed E-state index contributed by atoms with van der Waals surface area (Å²) in [6.07, 6.45) is -1.00. The summed E-state index contributed by atoms with van der Waals surface area (Å²) < 4.78 is 40.3. The topological polar surface area (TPSA) is 84.9 Å². The van der Waals surface area contributed by atoms with Gasteiger partial charge in [-0.1, -0.05) is 63.2 Å². The molecule has 1 atom stereocenters. The van der Waals surface area contributed by atoms with Crippen molar-refractivity contribution in [2.75, 3.05) is 24.0 Å². The zero-order chi connectivity index (χ0) is 25.9. The summed E-state index contributed by atoms with van der Waals surface area (Å²) in [6, 6.07) is 21.3. The molecule has 3 aromatic carbocycles. The zero-order valence-corrected chi connectivity index (χ0v) is 21.8. The van der Waals surface area contributed by atoms with Gasteiger partial charge in [0, 0.05) is 0 Å². The number of fused-ring (bicyclic) bond motifs is 1. The highest BCUT2D eigenvalue weighted by Gasteiger charge is 2.38. The van der Waals surface area contributed by atoms with Gasteiger partial charge in [0.1, 0.15) is 18.1 Å². The molecule has 0 fully saturated rings. The molecule has 3 aromatic rings. The van der Waals surface area contributed by atoms with Gasteiger partial charge >= 0.3 is 0 Å². The Morgan fingerprint density at radius 3 is 2.44 bits per heavy atom. The van der Waals surface area contributed by atoms with E-state index in [2.05, 4.69) is 26.1 Å². The van der Waals surface area contributed by atoms with E-state index in [0.717, 1.165) is 16.9 Å². The highest BCUT2D eigenvalue weighted by molar-refractivity contribution is 7.92. The van der Waals surface area contributed by atoms with Crippen molar-refractivity contribution >= 4 is 21.6 Å². The number of carbonyl (C=O) groups excluding carboxylic acids is 1. The molecule has 1 unspecified atom stereocenters. The lowest BCUT2D eigenvalue weighted by atomic mass is 9.86. The van der Waals surface area contributed by atoms with Gasteiger partial charge in [0.15, 0.2) is 6.10 Å². The Hall–Kier alpha value is -3.52. The fraction of sp³-hybridized carbons (Fsp3) is 0.321. The van der Waals surface area contributed by atoms with Gasteiger partial charge in [0.05, 0.1) is 23.7 Å². The monoisotopic (exact) mass is 508 g/mol. The fourth-order valence-electron chi connectivity index (χ4n) is 3.97. The van der Waals surface area contributed by atoms with E-state index in [0.29, 0.717) is 11.4 Å². The molecule has 0 saturated heterocycles. The molecule has 0 aromatic heterocycles. The summed E-state index contributed by atoms with van der Waals surface area (Å²) in [4.78, 5) is 13.2. The third-order valence-corrected chi connectivity index (χ3v) is 7.86. The van der Waals surface area contributed by atoms with Gasteiger partial charge in [-0.15, -0.1) is 0 Å². The number of carbonyl (C=O) groups is 1. The third-order valence-electron chi connectivity index (χ3n) is 6.07. The van der Waals surface area contributed by atoms with E-state index in [-0.39, 0.29) is 30.0 Å². The van der Waals surface area contributed by atoms with Crippen molar-refractivity contribution in [3.8, 4) is 11.5 Å². The second-order valence-corrected chi connectivity index (χ2v) is 11.7. The van der Waals surface area contributed by atoms with Crippen LogP contribution in [0, 0.1) is 6.92 Å². The Balaban J connectivity index is 1.55. The average molecular weight is 509 g/mol. The molecule has 1 amide bonds. The summed E-state index contributed by atoms with van der Waals surface area (Å²) in [5.41, 5.74) is 2.21. The predicted octanol–water partition coefficient (Wildman–Crippen LogP) is 4.44. The van der Waals surface area contributed by atoms with E-state index in [1.54, 1.807) is 36.4 Å². The summed E-state index contributed by atoms with van der Waals surface area (Å²) in [5.74, 6) is 0.705. The minimum atomic E-state index is -3.92. The van der Waals surface area contributed by atoms with Gasteiger partial charge in [-0.05, 0) is 53.8 Å². The molecular formula is C28H32N2O5S. The van der Waals surface area contributed by atoms with Crippen LogP contribution in [0.1, 0.15) is 31.9 Å². The molecule has 0 radical (unpaired) electrons. The Morgan fingerprint density at radius 2 is 1.75 bits per heavy atom. The normalized spacial score (nSPS) is 15.6. The minimum absolute atomic E-state index is 0.137. The van der Waals surface area contributed by atoms with Crippen LogP contribution in [0.15, 0.2) is 77.7 Å². The maximum atomic E-state index is 13.6. The van der Waals surface area contributed by atoms with Crippen LogP contribution >= 0.6 is 0 Å². The molecular weight excluding hydrogens is 476 g/mol. The molecule has 4 rings (SSSR count). The first-order valence-corrected chi connectivity index (χ1v) is 13.4. The first kappa shape index (κ1) is 25.6. The van der Waals surface area contributed by atoms with Crippen molar-refractivity contribution in [2.45, 2.75) is 44.1 Å². The Morgan fingerprint density at radius 1 is 1.06 bits per heavy atom. The molecule has 7 nitrogen and oxygen atoms in total. The van der Waals surface area contributed by atoms with Gasteiger partial charge in [-0.2, -0.15) is 0 Å². The van der Waals surface area contributed by atoms with E-state index in [1.807, 2.05) is 43.3 Å². The summed E-state index contributed by atoms with van der Waals surface area (Å²) in [6.45, 7) is 8.53. The first-order chi connectivity index (χ1) is 17.1. The van der Waals surface area contributed by atoms with E-state index in [1.165, 1.54) is 4.31 Å². The van der Waals surface area contributed by atoms with E-state index in [9.17, 15) is 13.2 Å². The maximum Gasteiger partial charge on any atom is 0.264 e. The van der Waals surface area contributed by atoms with E-state index >= 15 is 0 Å². The van der Waals surface area contributed by atoms with Crippen LogP contribution in [0.5, 0.6) is 11.5 Å². The summed E-state index contributed by atoms with van der Waals surface area (Å²) in [7, 11) is -3.92. The highest BCUT2D eigenvalue weighted by atomic mass is 32.2. The van der Waals surface area contributed by atoms with Crippen molar-refractivity contribution in [3.63, 3.8) is 0 Å². The van der Waals surface area contributed by atoms with Crippen LogP contribution in [-0.2, 0) is 20.2 Å². The molecule has 1 aliphatic heterocycles. The van der Waals surface area contributed by atoms with Crippen molar-refractivity contribution in [1.29, 1.82) is 0 Å². The third kappa shape index (κ3) is 5.49. The standard InChI is InChI=1S/C28H32N2O5S/c1-20-10-8-9-13-24(20)34-17-16-29-27(31)26-19-30(36(32,33)22-11-6-5-7-12-22)23-18-21(28(2,3)4)14-15-25(23)35-26/h5-15,18,26H,16-17,19H2,1-4H3,(H,29,31). The fourth-order valence-corrected chi connectivity index (χ4v) is 5.46. The minimum Gasteiger partial charge on any atom is -0.491 e. The molecule has 1 aliphatic rings. The highest BCUT2D eigenvalue weighted by Crippen LogP contribution is 2.40. The van der Waals surface area contributed by atoms with Crippen molar-refractivity contribution in [1.82, 2.24) is 5.32 Å². The van der Waals surface area contributed by atoms with Crippen LogP contribution in [0.3, 0.4) is 0 Å². The van der Waals surface area contributed by atoms with Crippen molar-refractivity contribution in [3.05, 3.63) is 83.9 Å². The molecule has 0 aliphatic carbocycles. The number of ether oxygens (including phenoxy) is 2. The number of benzene rings is 3. The van der Waals surface area contributed by atoms with E-state index in [4.69, 9.17) is 9.47 Å². The lowest BCUT2D eigenvalue weighted by molar-refractivity contribution is -0.127. The first-order valence-electron chi connectivity index (χ1n) is 11.9. The Kier molecular flexibility index (Phi) is 7.26. The predicted molar refractivity (Wildman–Crippen MR) is 140 cm³/mol. The van der Waals surface area contributed by atoms with Gasteiger partial charge in [-0.25, -0.2) is 8.42 Å². The number of nitrogens with zero attached hydrogens (tertiary/aromatic N) is 1. The van der Waals surface area contributed by atoms with Crippen LogP contribution in [0.4, 0.5) is 5.69 Å². The SMILES string of the molecule is Cc1ccccc1OCCNC(=O)C1CN(S(=O)(=O)c2ccccc2)c2cc(C(C)(C)C)ccc2O1. The maximum absolute atomic E-state index is 13.6. The van der Waals surface area contributed by atoms with Gasteiger partial charge < -0.3 is 14.8 Å². The Bertz CT molecular complexity index is 1330. The lowest BCUT2D eigenvalue weighted by Gasteiger charge is -2.36. The van der Waals surface area contributed by atoms with Crippen LogP contribution in [-0.4, -0.2) is 40.1 Å². The molecule has 1 heterocycles. The largest absolute Gasteiger partial charge is 0.491 e. The number of hydrogen-bond acceptors (Lipinski definition) is 5. The number of rotatable bonds is 7. The molecule has 190 valence electrons. The summed E-state index contributed by atoms with van der Waals surface area (Å²) >= 11 is 0. The lowest BCUT2D eigenvalue weighted by Crippen LogP contribution is -2.51. The second-order valence-electron chi connectivity index (χ2n) is 9.79. The van der Waals surface area contributed by atoms with E-state index < -0.39 is 22.0 Å². The number of sulfonamides is 1. The van der Waals surface area contributed by atoms with Crippen molar-refractivity contribution in [2.24, 2.45) is 0 Å². The molecule has 0 bridgehead atoms. The van der Waals surface area contributed by atoms with Gasteiger partial charge in [-0.3, -0.25) is 9.10 Å². The van der Waals surface area contributed by atoms with Crippen LogP contribution in [0.2, 0.25) is 0 Å². The quantitative estimate of drug-likeness (QED) is 0.477. The molecule has 1 N–H and O–H groups in total. The van der Waals surface area contributed by atoms with Crippen molar-refractivity contribution < 1.29 is 22.7 Å². The van der Waals surface area contributed by atoms with Crippen LogP contribution < -0.4 is 19.1 Å². The number of hydrogen-bond donors (Lipinski definition) is 1. The number of nitrogens with one attached hydrogen (secondary N) is 1. The number of aryl methyl sites for hydroxylation is 1. The molecule has 8 heteroatoms. The van der Waals surface area contributed by atoms with Crippen LogP contribution in [0.25, 0.3) is 0 Å². The molecule has 0 spiro atoms. The zero-order valence-electron chi connectivity index (χ0n) is 21.0. The Labute approximate surface area is 213 Å². The summed E-state index contributed by atoms with van der Waals surface area (Å²) in [5, 5.41) is 2.81. The average Bonchev–Trinajstić information content (AvgIpc) is 2.86. The molecule has 0 saturated carbocycles. The van der Waals surface area contributed by atoms with Gasteiger partial charge in [0.25, 0.3) is 15.9 Å². The number of amides is 1. The second kappa shape index (κ2) is 10.2. The molecule has 36 heavy (non-hydrogen) atoms. The smallest absolute Gasteiger partial charge is 0.264 e. The van der Waals surface area contributed by atoms with Gasteiger partial charge in [0.2, 0.25) is 0 Å².